The summed E-state index contributed by atoms with van der Waals surface area (Å²) in [5.74, 6) is -3.99. The van der Waals surface area contributed by atoms with Crippen molar-refractivity contribution in [3.8, 4) is 0 Å². The Morgan fingerprint density at radius 1 is 0.971 bits per heavy atom. The molecule has 0 aliphatic rings. The number of carbonyl (C=O) groups excluding carboxylic acids is 2. The van der Waals surface area contributed by atoms with Crippen LogP contribution >= 0.6 is 0 Å². The van der Waals surface area contributed by atoms with Crippen LogP contribution in [0.2, 0.25) is 0 Å². The Hall–Kier alpha value is -4.07. The van der Waals surface area contributed by atoms with E-state index in [1.807, 2.05) is 0 Å². The van der Waals surface area contributed by atoms with Gasteiger partial charge in [-0.15, -0.1) is 0 Å². The largest absolute Gasteiger partial charge is 0.416 e. The predicted molar refractivity (Wildman–Crippen MR) is 110 cm³/mol. The van der Waals surface area contributed by atoms with E-state index >= 15 is 0 Å². The molecule has 3 aromatic rings. The lowest BCUT2D eigenvalue weighted by atomic mass is 10.1. The number of nitrogens with zero attached hydrogens (tertiary/aromatic N) is 1. The standard InChI is InChI=1S/C20H13F5N4O4S/c21-14-6-7-15(29-34(32,33)13-4-1-11(2-5-13)20(23,24)25)18(22)17(14)19(31)28-12-3-8-16(26-9-12)27-10-30/h1-10,29H,(H,28,31)(H,26,27,30). The fraction of sp³-hybridized carbons (Fsp3) is 0.0500. The first kappa shape index (κ1) is 24.6. The van der Waals surface area contributed by atoms with E-state index in [-0.39, 0.29) is 11.5 Å². The number of rotatable bonds is 7. The summed E-state index contributed by atoms with van der Waals surface area (Å²) in [5.41, 5.74) is -3.02. The van der Waals surface area contributed by atoms with Crippen molar-refractivity contribution in [2.45, 2.75) is 11.1 Å². The number of benzene rings is 2. The molecular weight excluding hydrogens is 487 g/mol. The molecule has 0 saturated heterocycles. The number of aromatic nitrogens is 1. The number of carbonyl (C=O) groups is 2. The molecule has 3 N–H and O–H groups in total. The van der Waals surface area contributed by atoms with Gasteiger partial charge in [-0.2, -0.15) is 13.2 Å². The van der Waals surface area contributed by atoms with Crippen molar-refractivity contribution in [3.63, 3.8) is 0 Å². The van der Waals surface area contributed by atoms with Crippen molar-refractivity contribution in [1.82, 2.24) is 4.98 Å². The second-order valence-corrected chi connectivity index (χ2v) is 8.24. The van der Waals surface area contributed by atoms with Crippen LogP contribution in [0.3, 0.4) is 0 Å². The Bertz CT molecular complexity index is 1330. The second kappa shape index (κ2) is 9.43. The molecule has 2 aromatic carbocycles. The van der Waals surface area contributed by atoms with Gasteiger partial charge in [-0.25, -0.2) is 22.2 Å². The quantitative estimate of drug-likeness (QED) is 0.335. The Labute approximate surface area is 188 Å². The zero-order chi connectivity index (χ0) is 25.1. The van der Waals surface area contributed by atoms with Crippen molar-refractivity contribution < 1.29 is 40.0 Å². The van der Waals surface area contributed by atoms with E-state index in [0.29, 0.717) is 42.8 Å². The van der Waals surface area contributed by atoms with Gasteiger partial charge in [0.05, 0.1) is 28.0 Å². The maximum absolute atomic E-state index is 14.9. The van der Waals surface area contributed by atoms with Gasteiger partial charge in [0.15, 0.2) is 5.82 Å². The maximum Gasteiger partial charge on any atom is 0.416 e. The van der Waals surface area contributed by atoms with Crippen LogP contribution in [0.5, 0.6) is 0 Å². The Morgan fingerprint density at radius 2 is 1.65 bits per heavy atom. The number of sulfonamides is 1. The first-order valence-corrected chi connectivity index (χ1v) is 10.6. The van der Waals surface area contributed by atoms with Crippen LogP contribution in [0.4, 0.5) is 39.1 Å². The molecule has 0 saturated carbocycles. The Balaban J connectivity index is 1.85. The van der Waals surface area contributed by atoms with Gasteiger partial charge < -0.3 is 10.6 Å². The highest BCUT2D eigenvalue weighted by atomic mass is 32.2. The minimum absolute atomic E-state index is 0.0102. The summed E-state index contributed by atoms with van der Waals surface area (Å²) in [6, 6.07) is 6.31. The van der Waals surface area contributed by atoms with E-state index in [9.17, 15) is 40.0 Å². The summed E-state index contributed by atoms with van der Waals surface area (Å²) in [6.45, 7) is 0. The molecule has 2 amide bonds. The van der Waals surface area contributed by atoms with Crippen LogP contribution < -0.4 is 15.4 Å². The maximum atomic E-state index is 14.9. The molecule has 0 spiro atoms. The van der Waals surface area contributed by atoms with E-state index < -0.39 is 55.5 Å². The van der Waals surface area contributed by atoms with Gasteiger partial charge in [-0.1, -0.05) is 0 Å². The Morgan fingerprint density at radius 3 is 2.21 bits per heavy atom. The fourth-order valence-electron chi connectivity index (χ4n) is 2.67. The van der Waals surface area contributed by atoms with E-state index in [1.165, 1.54) is 12.1 Å². The minimum Gasteiger partial charge on any atom is -0.320 e. The molecule has 34 heavy (non-hydrogen) atoms. The Kier molecular flexibility index (Phi) is 6.81. The summed E-state index contributed by atoms with van der Waals surface area (Å²) in [4.78, 5) is 25.9. The normalized spacial score (nSPS) is 11.6. The van der Waals surface area contributed by atoms with E-state index in [1.54, 1.807) is 4.72 Å². The van der Waals surface area contributed by atoms with Gasteiger partial charge in [0.25, 0.3) is 15.9 Å². The number of hydrogen-bond acceptors (Lipinski definition) is 5. The van der Waals surface area contributed by atoms with Crippen molar-refractivity contribution >= 4 is 39.5 Å². The zero-order valence-electron chi connectivity index (χ0n) is 16.7. The van der Waals surface area contributed by atoms with Crippen LogP contribution in [0.1, 0.15) is 15.9 Å². The smallest absolute Gasteiger partial charge is 0.320 e. The second-order valence-electron chi connectivity index (χ2n) is 6.56. The third-order valence-corrected chi connectivity index (χ3v) is 5.66. The lowest BCUT2D eigenvalue weighted by molar-refractivity contribution is -0.137. The molecule has 178 valence electrons. The highest BCUT2D eigenvalue weighted by molar-refractivity contribution is 7.92. The summed E-state index contributed by atoms with van der Waals surface area (Å²) in [6.07, 6.45) is -3.23. The molecule has 1 heterocycles. The van der Waals surface area contributed by atoms with Gasteiger partial charge in [-0.3, -0.25) is 14.3 Å². The molecule has 0 atom stereocenters. The third kappa shape index (κ3) is 5.46. The number of nitrogens with one attached hydrogen (secondary N) is 3. The molecule has 0 radical (unpaired) electrons. The van der Waals surface area contributed by atoms with E-state index in [2.05, 4.69) is 15.6 Å². The summed E-state index contributed by atoms with van der Waals surface area (Å²) < 4.78 is 93.8. The van der Waals surface area contributed by atoms with E-state index in [0.717, 1.165) is 6.20 Å². The monoisotopic (exact) mass is 500 g/mol. The highest BCUT2D eigenvalue weighted by Gasteiger charge is 2.31. The molecule has 0 unspecified atom stereocenters. The van der Waals surface area contributed by atoms with Crippen LogP contribution in [0, 0.1) is 11.6 Å². The van der Waals surface area contributed by atoms with Crippen molar-refractivity contribution in [2.24, 2.45) is 0 Å². The molecule has 3 rings (SSSR count). The predicted octanol–water partition coefficient (Wildman–Crippen LogP) is 4.00. The fourth-order valence-corrected chi connectivity index (χ4v) is 3.73. The summed E-state index contributed by atoms with van der Waals surface area (Å²) in [5, 5.41) is 4.42. The molecule has 14 heteroatoms. The van der Waals surface area contributed by atoms with Crippen molar-refractivity contribution in [1.29, 1.82) is 0 Å². The van der Waals surface area contributed by atoms with Gasteiger partial charge in [-0.05, 0) is 48.5 Å². The van der Waals surface area contributed by atoms with Crippen LogP contribution in [-0.2, 0) is 21.0 Å². The first-order valence-electron chi connectivity index (χ1n) is 9.08. The average molecular weight is 500 g/mol. The van der Waals surface area contributed by atoms with Gasteiger partial charge in [0.1, 0.15) is 17.2 Å². The molecule has 0 aliphatic carbocycles. The van der Waals surface area contributed by atoms with Gasteiger partial charge >= 0.3 is 6.18 Å². The zero-order valence-corrected chi connectivity index (χ0v) is 17.5. The highest BCUT2D eigenvalue weighted by Crippen LogP contribution is 2.30. The summed E-state index contributed by atoms with van der Waals surface area (Å²) in [7, 11) is -4.58. The minimum atomic E-state index is -4.69. The van der Waals surface area contributed by atoms with Crippen LogP contribution in [0.15, 0.2) is 59.6 Å². The van der Waals surface area contributed by atoms with Crippen LogP contribution in [-0.4, -0.2) is 25.7 Å². The average Bonchev–Trinajstić information content (AvgIpc) is 2.77. The van der Waals surface area contributed by atoms with E-state index in [4.69, 9.17) is 0 Å². The number of hydrogen-bond donors (Lipinski definition) is 3. The van der Waals surface area contributed by atoms with Crippen molar-refractivity contribution in [3.05, 3.63) is 77.5 Å². The number of halogens is 5. The number of alkyl halides is 3. The molecule has 8 nitrogen and oxygen atoms in total. The molecule has 0 bridgehead atoms. The summed E-state index contributed by atoms with van der Waals surface area (Å²) >= 11 is 0. The molecule has 0 fully saturated rings. The first-order chi connectivity index (χ1) is 15.9. The molecular formula is C20H13F5N4O4S. The van der Waals surface area contributed by atoms with Gasteiger partial charge in [0.2, 0.25) is 6.41 Å². The lowest BCUT2D eigenvalue weighted by Crippen LogP contribution is -2.19. The van der Waals surface area contributed by atoms with Crippen molar-refractivity contribution in [2.75, 3.05) is 15.4 Å². The number of pyridine rings is 1. The third-order valence-electron chi connectivity index (χ3n) is 4.28. The lowest BCUT2D eigenvalue weighted by Gasteiger charge is -2.13. The SMILES string of the molecule is O=CNc1ccc(NC(=O)c2c(F)ccc(NS(=O)(=O)c3ccc(C(F)(F)F)cc3)c2F)cn1. The number of amides is 2. The number of anilines is 3. The van der Waals surface area contributed by atoms with Gasteiger partial charge in [0, 0.05) is 0 Å². The molecule has 1 aromatic heterocycles. The molecule has 0 aliphatic heterocycles. The van der Waals surface area contributed by atoms with Crippen LogP contribution in [0.25, 0.3) is 0 Å². The topological polar surface area (TPSA) is 117 Å².